The fourth-order valence-electron chi connectivity index (χ4n) is 1.16. The molecule has 0 spiro atoms. The number of aromatic nitrogens is 1. The molecule has 0 aliphatic rings. The van der Waals surface area contributed by atoms with Crippen molar-refractivity contribution in [3.8, 4) is 0 Å². The van der Waals surface area contributed by atoms with Crippen LogP contribution in [-0.4, -0.2) is 15.6 Å². The van der Waals surface area contributed by atoms with E-state index in [1.807, 2.05) is 6.92 Å². The summed E-state index contributed by atoms with van der Waals surface area (Å²) in [5.74, 6) is -1.00. The number of unbranched alkanes of at least 4 members (excludes halogenated alkanes) is 1. The maximum Gasteiger partial charge on any atom is 0.337 e. The molecule has 4 heteroatoms. The molecular formula is C10H13NO3. The number of carboxylic acid groups (broad SMARTS) is 1. The molecule has 0 aromatic carbocycles. The van der Waals surface area contributed by atoms with E-state index in [9.17, 15) is 9.59 Å². The van der Waals surface area contributed by atoms with E-state index in [4.69, 9.17) is 5.11 Å². The van der Waals surface area contributed by atoms with Gasteiger partial charge in [0.1, 0.15) is 0 Å². The number of aromatic carboxylic acids is 1. The zero-order chi connectivity index (χ0) is 10.6. The molecule has 0 aliphatic heterocycles. The molecule has 0 atom stereocenters. The molecule has 4 nitrogen and oxygen atoms in total. The smallest absolute Gasteiger partial charge is 0.337 e. The van der Waals surface area contributed by atoms with Crippen molar-refractivity contribution in [2.45, 2.75) is 26.3 Å². The average Bonchev–Trinajstić information content (AvgIpc) is 2.16. The van der Waals surface area contributed by atoms with Crippen molar-refractivity contribution in [3.63, 3.8) is 0 Å². The molecule has 0 fully saturated rings. The molecule has 76 valence electrons. The Morgan fingerprint density at radius 3 is 2.79 bits per heavy atom. The second-order valence-corrected chi connectivity index (χ2v) is 3.11. The Balaban J connectivity index is 2.96. The molecule has 0 unspecified atom stereocenters. The van der Waals surface area contributed by atoms with Crippen LogP contribution >= 0.6 is 0 Å². The Labute approximate surface area is 81.8 Å². The van der Waals surface area contributed by atoms with Crippen LogP contribution in [0.1, 0.15) is 30.1 Å². The van der Waals surface area contributed by atoms with Crippen LogP contribution in [0.25, 0.3) is 0 Å². The number of carbonyl (C=O) groups is 1. The molecule has 1 N–H and O–H groups in total. The summed E-state index contributed by atoms with van der Waals surface area (Å²) in [4.78, 5) is 21.9. The summed E-state index contributed by atoms with van der Waals surface area (Å²) >= 11 is 0. The van der Waals surface area contributed by atoms with Crippen molar-refractivity contribution in [2.75, 3.05) is 0 Å². The monoisotopic (exact) mass is 195 g/mol. The first-order valence-corrected chi connectivity index (χ1v) is 4.59. The highest BCUT2D eigenvalue weighted by atomic mass is 16.4. The topological polar surface area (TPSA) is 59.3 Å². The van der Waals surface area contributed by atoms with Gasteiger partial charge >= 0.3 is 5.97 Å². The number of nitrogens with zero attached hydrogens (tertiary/aromatic N) is 1. The van der Waals surface area contributed by atoms with Crippen molar-refractivity contribution >= 4 is 5.97 Å². The van der Waals surface area contributed by atoms with Gasteiger partial charge in [-0.15, -0.1) is 0 Å². The van der Waals surface area contributed by atoms with Crippen molar-refractivity contribution in [1.82, 2.24) is 4.57 Å². The fraction of sp³-hybridized carbons (Fsp3) is 0.400. The van der Waals surface area contributed by atoms with E-state index in [1.54, 1.807) is 0 Å². The van der Waals surface area contributed by atoms with Gasteiger partial charge in [-0.3, -0.25) is 4.79 Å². The molecule has 1 aromatic rings. The van der Waals surface area contributed by atoms with Gasteiger partial charge in [0.15, 0.2) is 0 Å². The van der Waals surface area contributed by atoms with Gasteiger partial charge in [0.05, 0.1) is 5.56 Å². The van der Waals surface area contributed by atoms with Gasteiger partial charge in [-0.2, -0.15) is 0 Å². The summed E-state index contributed by atoms with van der Waals surface area (Å²) in [5, 5.41) is 8.71. The van der Waals surface area contributed by atoms with Gasteiger partial charge in [-0.1, -0.05) is 13.3 Å². The number of rotatable bonds is 4. The van der Waals surface area contributed by atoms with Crippen LogP contribution in [0.15, 0.2) is 23.1 Å². The first-order valence-electron chi connectivity index (χ1n) is 4.59. The zero-order valence-corrected chi connectivity index (χ0v) is 8.06. The molecule has 0 aliphatic carbocycles. The lowest BCUT2D eigenvalue weighted by Gasteiger charge is -2.04. The average molecular weight is 195 g/mol. The molecule has 0 bridgehead atoms. The normalized spacial score (nSPS) is 10.1. The Hall–Kier alpha value is -1.58. The third-order valence-electron chi connectivity index (χ3n) is 1.98. The van der Waals surface area contributed by atoms with Crippen LogP contribution in [0.4, 0.5) is 0 Å². The second-order valence-electron chi connectivity index (χ2n) is 3.11. The zero-order valence-electron chi connectivity index (χ0n) is 8.06. The highest BCUT2D eigenvalue weighted by molar-refractivity contribution is 5.87. The standard InChI is InChI=1S/C10H13NO3/c1-2-3-6-11-7-8(10(13)14)4-5-9(11)12/h4-5,7H,2-3,6H2,1H3,(H,13,14). The third-order valence-corrected chi connectivity index (χ3v) is 1.98. The maximum atomic E-state index is 11.3. The lowest BCUT2D eigenvalue weighted by atomic mass is 10.2. The van der Waals surface area contributed by atoms with Gasteiger partial charge in [-0.25, -0.2) is 4.79 Å². The first-order chi connectivity index (χ1) is 6.65. The maximum absolute atomic E-state index is 11.3. The highest BCUT2D eigenvalue weighted by Gasteiger charge is 2.04. The number of hydrogen-bond acceptors (Lipinski definition) is 2. The van der Waals surface area contributed by atoms with Crippen molar-refractivity contribution in [1.29, 1.82) is 0 Å². The molecule has 1 rings (SSSR count). The highest BCUT2D eigenvalue weighted by Crippen LogP contribution is 1.97. The Morgan fingerprint density at radius 2 is 2.21 bits per heavy atom. The molecule has 0 amide bonds. The number of hydrogen-bond donors (Lipinski definition) is 1. The van der Waals surface area contributed by atoms with E-state index in [1.165, 1.54) is 22.9 Å². The van der Waals surface area contributed by atoms with Gasteiger partial charge in [0.2, 0.25) is 0 Å². The molecule has 0 radical (unpaired) electrons. The summed E-state index contributed by atoms with van der Waals surface area (Å²) in [6.45, 7) is 2.60. The van der Waals surface area contributed by atoms with Crippen molar-refractivity contribution < 1.29 is 9.90 Å². The second kappa shape index (κ2) is 4.60. The lowest BCUT2D eigenvalue weighted by Crippen LogP contribution is -2.20. The molecule has 1 aromatic heterocycles. The number of carboxylic acids is 1. The predicted octanol–water partition coefficient (Wildman–Crippen LogP) is 1.35. The number of aryl methyl sites for hydroxylation is 1. The summed E-state index contributed by atoms with van der Waals surface area (Å²) in [5.41, 5.74) is 0.00385. The first kappa shape index (κ1) is 10.5. The van der Waals surface area contributed by atoms with Gasteiger partial charge in [-0.05, 0) is 12.5 Å². The van der Waals surface area contributed by atoms with Crippen molar-refractivity contribution in [3.05, 3.63) is 34.2 Å². The van der Waals surface area contributed by atoms with E-state index in [0.29, 0.717) is 6.54 Å². The third kappa shape index (κ3) is 2.45. The Kier molecular flexibility index (Phi) is 3.45. The van der Waals surface area contributed by atoms with E-state index in [2.05, 4.69) is 0 Å². The lowest BCUT2D eigenvalue weighted by molar-refractivity contribution is 0.0696. The summed E-state index contributed by atoms with van der Waals surface area (Å²) in [7, 11) is 0. The summed E-state index contributed by atoms with van der Waals surface area (Å²) < 4.78 is 1.44. The van der Waals surface area contributed by atoms with Gasteiger partial charge in [0.25, 0.3) is 5.56 Å². The van der Waals surface area contributed by atoms with Gasteiger partial charge < -0.3 is 9.67 Å². The number of pyridine rings is 1. The fourth-order valence-corrected chi connectivity index (χ4v) is 1.16. The molecule has 0 saturated heterocycles. The quantitative estimate of drug-likeness (QED) is 0.788. The van der Waals surface area contributed by atoms with Crippen molar-refractivity contribution in [2.24, 2.45) is 0 Å². The minimum Gasteiger partial charge on any atom is -0.478 e. The van der Waals surface area contributed by atoms with Crippen LogP contribution < -0.4 is 5.56 Å². The SMILES string of the molecule is CCCCn1cc(C(=O)O)ccc1=O. The minimum absolute atomic E-state index is 0.150. The largest absolute Gasteiger partial charge is 0.478 e. The van der Waals surface area contributed by atoms with E-state index in [-0.39, 0.29) is 11.1 Å². The molecule has 1 heterocycles. The van der Waals surface area contributed by atoms with Crippen LogP contribution in [-0.2, 0) is 6.54 Å². The summed E-state index contributed by atoms with van der Waals surface area (Å²) in [6, 6.07) is 2.62. The molecular weight excluding hydrogens is 182 g/mol. The predicted molar refractivity (Wildman–Crippen MR) is 52.6 cm³/mol. The van der Waals surface area contributed by atoms with Crippen LogP contribution in [0, 0.1) is 0 Å². The van der Waals surface area contributed by atoms with Gasteiger partial charge in [0, 0.05) is 18.8 Å². The molecule has 14 heavy (non-hydrogen) atoms. The summed E-state index contributed by atoms with van der Waals surface area (Å²) in [6.07, 6.45) is 3.24. The Bertz CT molecular complexity index is 381. The van der Waals surface area contributed by atoms with E-state index >= 15 is 0 Å². The molecule has 0 saturated carbocycles. The Morgan fingerprint density at radius 1 is 1.50 bits per heavy atom. The van der Waals surface area contributed by atoms with E-state index < -0.39 is 5.97 Å². The van der Waals surface area contributed by atoms with Crippen LogP contribution in [0.2, 0.25) is 0 Å². The van der Waals surface area contributed by atoms with Crippen LogP contribution in [0.5, 0.6) is 0 Å². The minimum atomic E-state index is -1.00. The van der Waals surface area contributed by atoms with Crippen LogP contribution in [0.3, 0.4) is 0 Å². The van der Waals surface area contributed by atoms with E-state index in [0.717, 1.165) is 12.8 Å².